The molecule has 4 rings (SSSR count). The summed E-state index contributed by atoms with van der Waals surface area (Å²) in [6.45, 7) is 0.897. The fourth-order valence-electron chi connectivity index (χ4n) is 3.79. The Hall–Kier alpha value is -2.69. The van der Waals surface area contributed by atoms with Gasteiger partial charge >= 0.3 is 5.97 Å². The molecule has 2 aromatic rings. The van der Waals surface area contributed by atoms with E-state index in [4.69, 9.17) is 5.73 Å². The zero-order valence-electron chi connectivity index (χ0n) is 16.1. The molecule has 1 saturated carbocycles. The number of aromatic carboxylic acids is 1. The van der Waals surface area contributed by atoms with Gasteiger partial charge in [0.1, 0.15) is 11.4 Å². The maximum atomic E-state index is 14.8. The van der Waals surface area contributed by atoms with Crippen molar-refractivity contribution in [3.63, 3.8) is 0 Å². The fraction of sp³-hybridized carbons (Fsp3) is 0.421. The van der Waals surface area contributed by atoms with Crippen molar-refractivity contribution in [2.24, 2.45) is 5.73 Å². The van der Waals surface area contributed by atoms with Gasteiger partial charge in [-0.25, -0.2) is 9.18 Å². The van der Waals surface area contributed by atoms with Crippen molar-refractivity contribution in [2.45, 2.75) is 31.3 Å². The highest BCUT2D eigenvalue weighted by Crippen LogP contribution is 2.38. The Morgan fingerprint density at radius 3 is 2.57 bits per heavy atom. The number of hydrogen-bond donors (Lipinski definition) is 3. The summed E-state index contributed by atoms with van der Waals surface area (Å²) in [5.41, 5.74) is 5.16. The van der Waals surface area contributed by atoms with Crippen molar-refractivity contribution in [1.82, 2.24) is 9.88 Å². The van der Waals surface area contributed by atoms with Crippen LogP contribution in [0, 0.1) is 5.82 Å². The molecule has 1 saturated heterocycles. The van der Waals surface area contributed by atoms with E-state index in [9.17, 15) is 23.9 Å². The lowest BCUT2D eigenvalue weighted by atomic mass is 10.1. The molecule has 0 spiro atoms. The molecule has 2 aliphatic rings. The molecule has 1 atom stereocenters. The molecule has 1 unspecified atom stereocenters. The predicted molar refractivity (Wildman–Crippen MR) is 112 cm³/mol. The molecule has 0 bridgehead atoms. The molecular formula is C19H24ClFN4O5. The normalized spacial score (nSPS) is 17.9. The molecule has 1 aromatic heterocycles. The molecule has 164 valence electrons. The van der Waals surface area contributed by atoms with Gasteiger partial charge in [0.2, 0.25) is 11.3 Å². The lowest BCUT2D eigenvalue weighted by molar-refractivity contribution is -0.120. The zero-order valence-corrected chi connectivity index (χ0v) is 16.9. The van der Waals surface area contributed by atoms with Crippen molar-refractivity contribution in [2.75, 3.05) is 24.5 Å². The number of pyridine rings is 1. The molecule has 1 amide bonds. The second-order valence-corrected chi connectivity index (χ2v) is 7.34. The highest BCUT2D eigenvalue weighted by molar-refractivity contribution is 5.93. The first-order valence-electron chi connectivity index (χ1n) is 9.25. The summed E-state index contributed by atoms with van der Waals surface area (Å²) in [6.07, 6.45) is 3.80. The molecule has 2 fully saturated rings. The van der Waals surface area contributed by atoms with Crippen LogP contribution >= 0.6 is 12.4 Å². The van der Waals surface area contributed by atoms with Gasteiger partial charge in [-0.2, -0.15) is 0 Å². The summed E-state index contributed by atoms with van der Waals surface area (Å²) in [6, 6.07) is 2.74. The average molecular weight is 443 g/mol. The zero-order chi connectivity index (χ0) is 20.0. The van der Waals surface area contributed by atoms with Gasteiger partial charge in [0.05, 0.1) is 17.7 Å². The molecule has 1 aliphatic carbocycles. The van der Waals surface area contributed by atoms with Crippen LogP contribution in [-0.2, 0) is 4.79 Å². The number of carbonyl (C=O) groups is 2. The lowest BCUT2D eigenvalue weighted by Crippen LogP contribution is -2.40. The van der Waals surface area contributed by atoms with Gasteiger partial charge in [-0.1, -0.05) is 0 Å². The minimum atomic E-state index is -1.32. The first-order valence-corrected chi connectivity index (χ1v) is 9.25. The van der Waals surface area contributed by atoms with Crippen LogP contribution in [0.15, 0.2) is 23.1 Å². The number of carboxylic acids is 1. The third-order valence-electron chi connectivity index (χ3n) is 5.35. The number of aromatic nitrogens is 1. The molecule has 6 N–H and O–H groups in total. The lowest BCUT2D eigenvalue weighted by Gasteiger charge is -2.21. The van der Waals surface area contributed by atoms with E-state index in [2.05, 4.69) is 5.32 Å². The number of benzene rings is 1. The summed E-state index contributed by atoms with van der Waals surface area (Å²) in [7, 11) is 0. The largest absolute Gasteiger partial charge is 0.477 e. The standard InChI is InChI=1S/C19H21FN4O4.ClH.H2O/c20-14-5-12-15(24(11-1-2-11)9-13(18(12)26)19(27)28)6-16(14)23-4-3-10(8-23)22-17(25)7-21;;/h5-6,9-11H,1-4,7-8,21H2,(H,22,25)(H,27,28);1H;1H2. The van der Waals surface area contributed by atoms with Gasteiger partial charge in [0.25, 0.3) is 0 Å². The smallest absolute Gasteiger partial charge is 0.341 e. The monoisotopic (exact) mass is 442 g/mol. The number of anilines is 1. The number of halogens is 2. The van der Waals surface area contributed by atoms with E-state index in [1.807, 2.05) is 4.90 Å². The maximum Gasteiger partial charge on any atom is 0.341 e. The summed E-state index contributed by atoms with van der Waals surface area (Å²) in [5, 5.41) is 12.2. The van der Waals surface area contributed by atoms with Crippen LogP contribution in [-0.4, -0.2) is 52.7 Å². The highest BCUT2D eigenvalue weighted by Gasteiger charge is 2.29. The Kier molecular flexibility index (Phi) is 7.06. The molecule has 9 nitrogen and oxygen atoms in total. The summed E-state index contributed by atoms with van der Waals surface area (Å²) in [4.78, 5) is 37.2. The van der Waals surface area contributed by atoms with Crippen LogP contribution in [0.1, 0.15) is 35.7 Å². The van der Waals surface area contributed by atoms with E-state index >= 15 is 0 Å². The molecular weight excluding hydrogens is 419 g/mol. The topological polar surface area (TPSA) is 149 Å². The van der Waals surface area contributed by atoms with Crippen LogP contribution in [0.2, 0.25) is 0 Å². The van der Waals surface area contributed by atoms with Crippen molar-refractivity contribution < 1.29 is 24.6 Å². The van der Waals surface area contributed by atoms with Crippen molar-refractivity contribution in [3.8, 4) is 0 Å². The van der Waals surface area contributed by atoms with Gasteiger partial charge in [-0.3, -0.25) is 9.59 Å². The second kappa shape index (κ2) is 8.99. The average Bonchev–Trinajstić information content (AvgIpc) is 3.40. The quantitative estimate of drug-likeness (QED) is 0.611. The number of rotatable bonds is 5. The van der Waals surface area contributed by atoms with E-state index in [0.717, 1.165) is 18.9 Å². The number of fused-ring (bicyclic) bond motifs is 1. The molecule has 1 aliphatic heterocycles. The molecule has 1 aromatic carbocycles. The number of carboxylic acid groups (broad SMARTS) is 1. The van der Waals surface area contributed by atoms with Crippen molar-refractivity contribution >= 4 is 40.9 Å². The Bertz CT molecular complexity index is 1040. The van der Waals surface area contributed by atoms with Crippen molar-refractivity contribution in [1.29, 1.82) is 0 Å². The number of amides is 1. The first kappa shape index (κ1) is 23.6. The van der Waals surface area contributed by atoms with Crippen LogP contribution in [0.25, 0.3) is 10.9 Å². The number of nitrogens with one attached hydrogen (secondary N) is 1. The fourth-order valence-corrected chi connectivity index (χ4v) is 3.79. The van der Waals surface area contributed by atoms with Gasteiger partial charge in [-0.15, -0.1) is 12.4 Å². The molecule has 0 radical (unpaired) electrons. The number of carbonyl (C=O) groups excluding carboxylic acids is 1. The summed E-state index contributed by atoms with van der Waals surface area (Å²) >= 11 is 0. The van der Waals surface area contributed by atoms with E-state index in [1.54, 1.807) is 10.6 Å². The van der Waals surface area contributed by atoms with Crippen LogP contribution < -0.4 is 21.4 Å². The predicted octanol–water partition coefficient (Wildman–Crippen LogP) is 0.424. The SMILES string of the molecule is Cl.NCC(=O)NC1CCN(c2cc3c(cc2F)c(=O)c(C(=O)O)cn3C2CC2)C1.O. The van der Waals surface area contributed by atoms with Gasteiger partial charge < -0.3 is 31.1 Å². The molecule has 11 heteroatoms. The number of nitrogens with zero attached hydrogens (tertiary/aromatic N) is 2. The third-order valence-corrected chi connectivity index (χ3v) is 5.35. The minimum Gasteiger partial charge on any atom is -0.477 e. The van der Waals surface area contributed by atoms with Crippen molar-refractivity contribution in [3.05, 3.63) is 39.9 Å². The first-order chi connectivity index (χ1) is 13.4. The van der Waals surface area contributed by atoms with E-state index < -0.39 is 17.2 Å². The van der Waals surface area contributed by atoms with Gasteiger partial charge in [0.15, 0.2) is 0 Å². The number of hydrogen-bond acceptors (Lipinski definition) is 5. The van der Waals surface area contributed by atoms with Gasteiger partial charge in [0, 0.05) is 36.8 Å². The second-order valence-electron chi connectivity index (χ2n) is 7.34. The van der Waals surface area contributed by atoms with E-state index in [1.165, 1.54) is 6.20 Å². The highest BCUT2D eigenvalue weighted by atomic mass is 35.5. The van der Waals surface area contributed by atoms with E-state index in [0.29, 0.717) is 30.7 Å². The van der Waals surface area contributed by atoms with E-state index in [-0.39, 0.29) is 53.4 Å². The van der Waals surface area contributed by atoms with Crippen LogP contribution in [0.3, 0.4) is 0 Å². The maximum absolute atomic E-state index is 14.8. The minimum absolute atomic E-state index is 0. The Morgan fingerprint density at radius 1 is 1.27 bits per heavy atom. The Morgan fingerprint density at radius 2 is 1.97 bits per heavy atom. The summed E-state index contributed by atoms with van der Waals surface area (Å²) < 4.78 is 16.6. The van der Waals surface area contributed by atoms with Crippen LogP contribution in [0.4, 0.5) is 10.1 Å². The van der Waals surface area contributed by atoms with Crippen LogP contribution in [0.5, 0.6) is 0 Å². The molecule has 30 heavy (non-hydrogen) atoms. The Balaban J connectivity index is 0.00000160. The Labute approximate surface area is 177 Å². The summed E-state index contributed by atoms with van der Waals surface area (Å²) in [5.74, 6) is -2.15. The molecule has 2 heterocycles. The van der Waals surface area contributed by atoms with Gasteiger partial charge in [-0.05, 0) is 31.4 Å². The number of nitrogens with two attached hydrogens (primary N) is 1. The third kappa shape index (κ3) is 4.25.